The first-order valence-corrected chi connectivity index (χ1v) is 7.22. The molecular formula is C15H27NO2. The average molecular weight is 253 g/mol. The second-order valence-corrected chi connectivity index (χ2v) is 7.29. The molecule has 2 fully saturated rings. The van der Waals surface area contributed by atoms with Crippen molar-refractivity contribution in [2.75, 3.05) is 6.61 Å². The Balaban J connectivity index is 1.84. The third-order valence-corrected chi connectivity index (χ3v) is 5.73. The summed E-state index contributed by atoms with van der Waals surface area (Å²) in [6.45, 7) is 9.02. The molecule has 0 unspecified atom stereocenters. The van der Waals surface area contributed by atoms with Crippen LogP contribution in [0, 0.1) is 22.7 Å². The van der Waals surface area contributed by atoms with Gasteiger partial charge >= 0.3 is 0 Å². The third-order valence-electron chi connectivity index (χ3n) is 5.73. The summed E-state index contributed by atoms with van der Waals surface area (Å²) in [6, 6.07) is 0.326. The van der Waals surface area contributed by atoms with Crippen molar-refractivity contribution in [2.24, 2.45) is 22.7 Å². The van der Waals surface area contributed by atoms with Crippen LogP contribution in [0.4, 0.5) is 0 Å². The van der Waals surface area contributed by atoms with Crippen LogP contribution in [-0.2, 0) is 4.79 Å². The number of nitrogens with one attached hydrogen (secondary N) is 1. The van der Waals surface area contributed by atoms with E-state index < -0.39 is 0 Å². The number of carbonyl (C=O) groups excluding carboxylic acids is 1. The lowest BCUT2D eigenvalue weighted by atomic mass is 9.86. The highest BCUT2D eigenvalue weighted by Crippen LogP contribution is 2.68. The number of rotatable bonds is 3. The lowest BCUT2D eigenvalue weighted by Gasteiger charge is -2.28. The highest BCUT2D eigenvalue weighted by molar-refractivity contribution is 5.84. The van der Waals surface area contributed by atoms with Crippen molar-refractivity contribution < 1.29 is 9.90 Å². The van der Waals surface area contributed by atoms with E-state index in [4.69, 9.17) is 5.11 Å². The molecule has 0 saturated heterocycles. The van der Waals surface area contributed by atoms with E-state index in [2.05, 4.69) is 33.0 Å². The van der Waals surface area contributed by atoms with Crippen molar-refractivity contribution in [2.45, 2.75) is 59.4 Å². The molecule has 3 heteroatoms. The Morgan fingerprint density at radius 2 is 1.61 bits per heavy atom. The predicted molar refractivity (Wildman–Crippen MR) is 72.0 cm³/mol. The van der Waals surface area contributed by atoms with Gasteiger partial charge in [0.1, 0.15) is 0 Å². The molecule has 2 saturated carbocycles. The Hall–Kier alpha value is -0.570. The van der Waals surface area contributed by atoms with Gasteiger partial charge in [0, 0.05) is 18.6 Å². The van der Waals surface area contributed by atoms with Crippen LogP contribution < -0.4 is 5.32 Å². The minimum atomic E-state index is 0.124. The zero-order valence-electron chi connectivity index (χ0n) is 12.1. The van der Waals surface area contributed by atoms with Crippen molar-refractivity contribution in [1.29, 1.82) is 0 Å². The van der Waals surface area contributed by atoms with Gasteiger partial charge in [0.05, 0.1) is 0 Å². The van der Waals surface area contributed by atoms with Crippen LogP contribution in [0.25, 0.3) is 0 Å². The van der Waals surface area contributed by atoms with Gasteiger partial charge in [-0.25, -0.2) is 0 Å². The SMILES string of the molecule is CC1(C)C(C(=O)NC2CCC(CO)CC2)C1(C)C. The summed E-state index contributed by atoms with van der Waals surface area (Å²) < 4.78 is 0. The number of aliphatic hydroxyl groups excluding tert-OH is 1. The molecule has 0 spiro atoms. The molecule has 2 N–H and O–H groups in total. The van der Waals surface area contributed by atoms with Crippen LogP contribution in [0.15, 0.2) is 0 Å². The molecule has 104 valence electrons. The number of aliphatic hydroxyl groups is 1. The fourth-order valence-electron chi connectivity index (χ4n) is 3.63. The van der Waals surface area contributed by atoms with E-state index in [1.807, 2.05) is 0 Å². The van der Waals surface area contributed by atoms with Crippen LogP contribution in [0.2, 0.25) is 0 Å². The quantitative estimate of drug-likeness (QED) is 0.811. The van der Waals surface area contributed by atoms with E-state index >= 15 is 0 Å². The molecule has 2 aliphatic carbocycles. The molecule has 0 aromatic heterocycles. The van der Waals surface area contributed by atoms with Crippen molar-refractivity contribution in [3.63, 3.8) is 0 Å². The molecule has 0 radical (unpaired) electrons. The van der Waals surface area contributed by atoms with E-state index in [1.165, 1.54) is 0 Å². The fraction of sp³-hybridized carbons (Fsp3) is 0.933. The molecular weight excluding hydrogens is 226 g/mol. The number of hydrogen-bond acceptors (Lipinski definition) is 2. The summed E-state index contributed by atoms with van der Waals surface area (Å²) >= 11 is 0. The van der Waals surface area contributed by atoms with Gasteiger partial charge in [-0.3, -0.25) is 4.79 Å². The van der Waals surface area contributed by atoms with E-state index in [1.54, 1.807) is 0 Å². The van der Waals surface area contributed by atoms with Gasteiger partial charge in [0.2, 0.25) is 5.91 Å². The molecule has 2 rings (SSSR count). The van der Waals surface area contributed by atoms with Crippen molar-refractivity contribution in [3.8, 4) is 0 Å². The van der Waals surface area contributed by atoms with E-state index in [0.29, 0.717) is 18.6 Å². The Morgan fingerprint density at radius 1 is 1.11 bits per heavy atom. The minimum Gasteiger partial charge on any atom is -0.396 e. The molecule has 0 heterocycles. The zero-order valence-corrected chi connectivity index (χ0v) is 12.1. The monoisotopic (exact) mass is 253 g/mol. The maximum absolute atomic E-state index is 12.3. The third kappa shape index (κ3) is 2.18. The average Bonchev–Trinajstić information content (AvgIpc) is 2.70. The molecule has 0 aromatic carbocycles. The molecule has 0 atom stereocenters. The minimum absolute atomic E-state index is 0.124. The van der Waals surface area contributed by atoms with Crippen molar-refractivity contribution >= 4 is 5.91 Å². The van der Waals surface area contributed by atoms with Crippen LogP contribution in [-0.4, -0.2) is 23.7 Å². The van der Waals surface area contributed by atoms with Crippen LogP contribution >= 0.6 is 0 Å². The topological polar surface area (TPSA) is 49.3 Å². The van der Waals surface area contributed by atoms with Gasteiger partial charge in [-0.05, 0) is 42.4 Å². The molecule has 0 aromatic rings. The highest BCUT2D eigenvalue weighted by Gasteiger charge is 2.68. The van der Waals surface area contributed by atoms with E-state index in [0.717, 1.165) is 25.7 Å². The van der Waals surface area contributed by atoms with Crippen LogP contribution in [0.3, 0.4) is 0 Å². The van der Waals surface area contributed by atoms with Crippen LogP contribution in [0.1, 0.15) is 53.4 Å². The Bertz CT molecular complexity index is 313. The summed E-state index contributed by atoms with van der Waals surface area (Å²) in [5, 5.41) is 12.3. The second-order valence-electron chi connectivity index (χ2n) is 7.29. The number of carbonyl (C=O) groups is 1. The summed E-state index contributed by atoms with van der Waals surface area (Å²) in [4.78, 5) is 12.3. The largest absolute Gasteiger partial charge is 0.396 e. The maximum Gasteiger partial charge on any atom is 0.224 e. The van der Waals surface area contributed by atoms with Gasteiger partial charge < -0.3 is 10.4 Å². The first kappa shape index (κ1) is 13.9. The van der Waals surface area contributed by atoms with E-state index in [-0.39, 0.29) is 22.7 Å². The summed E-state index contributed by atoms with van der Waals surface area (Å²) in [5.41, 5.74) is 0.249. The standard InChI is InChI=1S/C15H27NO2/c1-14(2)12(15(14,3)4)13(18)16-11-7-5-10(9-17)6-8-11/h10-12,17H,5-9H2,1-4H3,(H,16,18). The van der Waals surface area contributed by atoms with Crippen molar-refractivity contribution in [1.82, 2.24) is 5.32 Å². The summed E-state index contributed by atoms with van der Waals surface area (Å²) in [5.74, 6) is 0.838. The normalized spacial score (nSPS) is 34.1. The first-order chi connectivity index (χ1) is 8.30. The zero-order chi connectivity index (χ0) is 13.6. The molecule has 1 amide bonds. The number of hydrogen-bond donors (Lipinski definition) is 2. The molecule has 0 bridgehead atoms. The maximum atomic E-state index is 12.3. The van der Waals surface area contributed by atoms with Gasteiger partial charge in [-0.15, -0.1) is 0 Å². The summed E-state index contributed by atoms with van der Waals surface area (Å²) in [7, 11) is 0. The molecule has 18 heavy (non-hydrogen) atoms. The van der Waals surface area contributed by atoms with Gasteiger partial charge in [0.15, 0.2) is 0 Å². The van der Waals surface area contributed by atoms with Gasteiger partial charge in [0.25, 0.3) is 0 Å². The Kier molecular flexibility index (Phi) is 3.48. The smallest absolute Gasteiger partial charge is 0.224 e. The Labute approximate surface area is 110 Å². The lowest BCUT2D eigenvalue weighted by Crippen LogP contribution is -2.39. The van der Waals surface area contributed by atoms with Crippen LogP contribution in [0.5, 0.6) is 0 Å². The van der Waals surface area contributed by atoms with Gasteiger partial charge in [-0.1, -0.05) is 27.7 Å². The number of amides is 1. The van der Waals surface area contributed by atoms with Crippen molar-refractivity contribution in [3.05, 3.63) is 0 Å². The van der Waals surface area contributed by atoms with E-state index in [9.17, 15) is 4.79 Å². The first-order valence-electron chi connectivity index (χ1n) is 7.22. The molecule has 3 nitrogen and oxygen atoms in total. The second kappa shape index (κ2) is 4.52. The highest BCUT2D eigenvalue weighted by atomic mass is 16.3. The lowest BCUT2D eigenvalue weighted by molar-refractivity contribution is -0.124. The Morgan fingerprint density at radius 3 is 2.00 bits per heavy atom. The fourth-order valence-corrected chi connectivity index (χ4v) is 3.63. The molecule has 2 aliphatic rings. The van der Waals surface area contributed by atoms with Gasteiger partial charge in [-0.2, -0.15) is 0 Å². The summed E-state index contributed by atoms with van der Waals surface area (Å²) in [6.07, 6.45) is 4.12. The predicted octanol–water partition coefficient (Wildman–Crippen LogP) is 2.34. The molecule has 0 aliphatic heterocycles.